The van der Waals surface area contributed by atoms with Crippen molar-refractivity contribution < 1.29 is 9.53 Å². The van der Waals surface area contributed by atoms with Gasteiger partial charge in [-0.2, -0.15) is 0 Å². The SMILES string of the molecule is COc1ccc(/C=C2\CCN(CCNC(C)=O)C2c2ccccc2)cc1. The minimum absolute atomic E-state index is 0.0226. The monoisotopic (exact) mass is 350 g/mol. The fraction of sp³-hybridized carbons (Fsp3) is 0.318. The lowest BCUT2D eigenvalue weighted by atomic mass is 9.97. The average Bonchev–Trinajstić information content (AvgIpc) is 3.05. The van der Waals surface area contributed by atoms with Crippen LogP contribution in [0.3, 0.4) is 0 Å². The summed E-state index contributed by atoms with van der Waals surface area (Å²) in [5, 5.41) is 2.91. The van der Waals surface area contributed by atoms with Gasteiger partial charge in [0, 0.05) is 26.6 Å². The Morgan fingerprint density at radius 1 is 1.19 bits per heavy atom. The molecule has 26 heavy (non-hydrogen) atoms. The number of methoxy groups -OCH3 is 1. The minimum Gasteiger partial charge on any atom is -0.497 e. The summed E-state index contributed by atoms with van der Waals surface area (Å²) in [5.74, 6) is 0.893. The van der Waals surface area contributed by atoms with Crippen LogP contribution in [0.25, 0.3) is 6.08 Å². The lowest BCUT2D eigenvalue weighted by Crippen LogP contribution is -2.33. The molecule has 1 N–H and O–H groups in total. The highest BCUT2D eigenvalue weighted by Gasteiger charge is 2.29. The number of carbonyl (C=O) groups excluding carboxylic acids is 1. The van der Waals surface area contributed by atoms with Crippen molar-refractivity contribution in [3.05, 3.63) is 71.3 Å². The van der Waals surface area contributed by atoms with Crippen molar-refractivity contribution in [1.82, 2.24) is 10.2 Å². The van der Waals surface area contributed by atoms with E-state index < -0.39 is 0 Å². The van der Waals surface area contributed by atoms with Crippen molar-refractivity contribution >= 4 is 12.0 Å². The lowest BCUT2D eigenvalue weighted by Gasteiger charge is -2.25. The quantitative estimate of drug-likeness (QED) is 0.864. The Hall–Kier alpha value is -2.59. The maximum atomic E-state index is 11.2. The third-order valence-electron chi connectivity index (χ3n) is 4.76. The van der Waals surface area contributed by atoms with Crippen LogP contribution in [0.2, 0.25) is 0 Å². The van der Waals surface area contributed by atoms with Gasteiger partial charge in [0.05, 0.1) is 13.2 Å². The molecule has 136 valence electrons. The molecular weight excluding hydrogens is 324 g/mol. The van der Waals surface area contributed by atoms with Crippen molar-refractivity contribution in [3.63, 3.8) is 0 Å². The van der Waals surface area contributed by atoms with Crippen LogP contribution in [0, 0.1) is 0 Å². The van der Waals surface area contributed by atoms with Gasteiger partial charge >= 0.3 is 0 Å². The summed E-state index contributed by atoms with van der Waals surface area (Å²) in [6, 6.07) is 19.0. The van der Waals surface area contributed by atoms with E-state index in [-0.39, 0.29) is 11.9 Å². The Bertz CT molecular complexity index is 753. The van der Waals surface area contributed by atoms with E-state index in [4.69, 9.17) is 4.74 Å². The van der Waals surface area contributed by atoms with E-state index in [1.807, 2.05) is 18.2 Å². The van der Waals surface area contributed by atoms with E-state index in [1.165, 1.54) is 16.7 Å². The summed E-state index contributed by atoms with van der Waals surface area (Å²) >= 11 is 0. The highest BCUT2D eigenvalue weighted by molar-refractivity contribution is 5.72. The van der Waals surface area contributed by atoms with E-state index in [0.29, 0.717) is 6.54 Å². The Morgan fingerprint density at radius 3 is 2.58 bits per heavy atom. The fourth-order valence-electron chi connectivity index (χ4n) is 3.52. The van der Waals surface area contributed by atoms with Crippen molar-refractivity contribution in [2.45, 2.75) is 19.4 Å². The van der Waals surface area contributed by atoms with Gasteiger partial charge in [-0.25, -0.2) is 0 Å². The van der Waals surface area contributed by atoms with Crippen LogP contribution in [-0.2, 0) is 4.79 Å². The van der Waals surface area contributed by atoms with E-state index >= 15 is 0 Å². The van der Waals surface area contributed by atoms with Crippen LogP contribution in [0.15, 0.2) is 60.2 Å². The first-order valence-corrected chi connectivity index (χ1v) is 9.05. The number of ether oxygens (including phenoxy) is 1. The van der Waals surface area contributed by atoms with Gasteiger partial charge in [0.25, 0.3) is 0 Å². The molecule has 2 aromatic rings. The number of nitrogens with one attached hydrogen (secondary N) is 1. The topological polar surface area (TPSA) is 41.6 Å². The number of hydrogen-bond donors (Lipinski definition) is 1. The van der Waals surface area contributed by atoms with Gasteiger partial charge < -0.3 is 10.1 Å². The zero-order chi connectivity index (χ0) is 18.4. The Balaban J connectivity index is 1.83. The molecular formula is C22H26N2O2. The molecule has 4 nitrogen and oxygen atoms in total. The fourth-order valence-corrected chi connectivity index (χ4v) is 3.52. The largest absolute Gasteiger partial charge is 0.497 e. The molecule has 1 amide bonds. The van der Waals surface area contributed by atoms with Gasteiger partial charge in [-0.1, -0.05) is 48.5 Å². The van der Waals surface area contributed by atoms with Gasteiger partial charge in [0.2, 0.25) is 5.91 Å². The van der Waals surface area contributed by atoms with Crippen molar-refractivity contribution in [1.29, 1.82) is 0 Å². The summed E-state index contributed by atoms with van der Waals surface area (Å²) in [6.45, 7) is 4.09. The van der Waals surface area contributed by atoms with E-state index in [9.17, 15) is 4.79 Å². The summed E-state index contributed by atoms with van der Waals surface area (Å²) in [4.78, 5) is 13.6. The Kier molecular flexibility index (Phi) is 6.08. The number of benzene rings is 2. The maximum absolute atomic E-state index is 11.2. The number of carbonyl (C=O) groups is 1. The number of hydrogen-bond acceptors (Lipinski definition) is 3. The molecule has 1 unspecified atom stereocenters. The smallest absolute Gasteiger partial charge is 0.216 e. The molecule has 4 heteroatoms. The number of amides is 1. The second kappa shape index (κ2) is 8.68. The molecule has 0 aromatic heterocycles. The lowest BCUT2D eigenvalue weighted by molar-refractivity contribution is -0.119. The molecule has 0 spiro atoms. The first-order valence-electron chi connectivity index (χ1n) is 9.05. The molecule has 2 aromatic carbocycles. The second-order valence-corrected chi connectivity index (χ2v) is 6.57. The van der Waals surface area contributed by atoms with Gasteiger partial charge in [-0.05, 0) is 35.3 Å². The predicted octanol–water partition coefficient (Wildman–Crippen LogP) is 3.66. The van der Waals surface area contributed by atoms with Crippen LogP contribution >= 0.6 is 0 Å². The normalized spacial score (nSPS) is 18.8. The van der Waals surface area contributed by atoms with Crippen molar-refractivity contribution in [2.75, 3.05) is 26.7 Å². The maximum Gasteiger partial charge on any atom is 0.216 e. The van der Waals surface area contributed by atoms with Crippen LogP contribution in [0.4, 0.5) is 0 Å². The Labute approximate surface area is 155 Å². The number of likely N-dealkylation sites (tertiary alicyclic amines) is 1. The second-order valence-electron chi connectivity index (χ2n) is 6.57. The third-order valence-corrected chi connectivity index (χ3v) is 4.76. The number of nitrogens with zero attached hydrogens (tertiary/aromatic N) is 1. The molecule has 3 rings (SSSR count). The number of rotatable bonds is 6. The molecule has 1 aliphatic heterocycles. The average molecular weight is 350 g/mol. The summed E-state index contributed by atoms with van der Waals surface area (Å²) < 4.78 is 5.25. The van der Waals surface area contributed by atoms with Gasteiger partial charge in [-0.15, -0.1) is 0 Å². The van der Waals surface area contributed by atoms with Gasteiger partial charge in [-0.3, -0.25) is 9.69 Å². The highest BCUT2D eigenvalue weighted by atomic mass is 16.5. The third kappa shape index (κ3) is 4.52. The van der Waals surface area contributed by atoms with E-state index in [2.05, 4.69) is 52.7 Å². The van der Waals surface area contributed by atoms with E-state index in [1.54, 1.807) is 14.0 Å². The van der Waals surface area contributed by atoms with Crippen molar-refractivity contribution in [3.8, 4) is 5.75 Å². The molecule has 1 heterocycles. The van der Waals surface area contributed by atoms with Crippen LogP contribution in [0.1, 0.15) is 30.5 Å². The minimum atomic E-state index is 0.0226. The predicted molar refractivity (Wildman–Crippen MR) is 105 cm³/mol. The molecule has 0 radical (unpaired) electrons. The first kappa shape index (κ1) is 18.2. The van der Waals surface area contributed by atoms with Crippen LogP contribution in [-0.4, -0.2) is 37.6 Å². The standard InChI is InChI=1S/C22H26N2O2/c1-17(25)23-13-15-24-14-12-20(22(24)19-6-4-3-5-7-19)16-18-8-10-21(26-2)11-9-18/h3-11,16,22H,12-15H2,1-2H3,(H,23,25)/b20-16+. The molecule has 1 fully saturated rings. The van der Waals surface area contributed by atoms with Gasteiger partial charge in [0.15, 0.2) is 0 Å². The first-order chi connectivity index (χ1) is 12.7. The molecule has 0 bridgehead atoms. The molecule has 0 aliphatic carbocycles. The molecule has 1 saturated heterocycles. The highest BCUT2D eigenvalue weighted by Crippen LogP contribution is 2.37. The summed E-state index contributed by atoms with van der Waals surface area (Å²) in [5.41, 5.74) is 3.89. The summed E-state index contributed by atoms with van der Waals surface area (Å²) in [6.07, 6.45) is 3.32. The molecule has 1 aliphatic rings. The zero-order valence-corrected chi connectivity index (χ0v) is 15.4. The van der Waals surface area contributed by atoms with Crippen molar-refractivity contribution in [2.24, 2.45) is 0 Å². The Morgan fingerprint density at radius 2 is 1.92 bits per heavy atom. The van der Waals surface area contributed by atoms with Gasteiger partial charge in [0.1, 0.15) is 5.75 Å². The van der Waals surface area contributed by atoms with Crippen LogP contribution < -0.4 is 10.1 Å². The summed E-state index contributed by atoms with van der Waals surface area (Å²) in [7, 11) is 1.68. The van der Waals surface area contributed by atoms with Crippen LogP contribution in [0.5, 0.6) is 5.75 Å². The zero-order valence-electron chi connectivity index (χ0n) is 15.4. The molecule has 1 atom stereocenters. The molecule has 0 saturated carbocycles. The van der Waals surface area contributed by atoms with E-state index in [0.717, 1.165) is 25.3 Å².